The zero-order valence-electron chi connectivity index (χ0n) is 24.8. The smallest absolute Gasteiger partial charge is 0.417 e. The van der Waals surface area contributed by atoms with Crippen molar-refractivity contribution in [2.24, 2.45) is 0 Å². The minimum Gasteiger partial charge on any atom is -0.486 e. The fraction of sp³-hybridized carbons (Fsp3) is 0.353. The summed E-state index contributed by atoms with van der Waals surface area (Å²) in [5, 5.41) is 2.09. The van der Waals surface area contributed by atoms with Crippen LogP contribution in [0.1, 0.15) is 37.5 Å². The topological polar surface area (TPSA) is 102 Å². The average Bonchev–Trinajstić information content (AvgIpc) is 2.97. The lowest BCUT2D eigenvalue weighted by Gasteiger charge is -2.42. The van der Waals surface area contributed by atoms with Gasteiger partial charge in [-0.25, -0.2) is 14.9 Å². The van der Waals surface area contributed by atoms with E-state index < -0.39 is 42.2 Å². The Morgan fingerprint density at radius 1 is 0.744 bits per heavy atom. The summed E-state index contributed by atoms with van der Waals surface area (Å²) in [6, 6.07) is 29.1. The van der Waals surface area contributed by atoms with Gasteiger partial charge in [-0.1, -0.05) is 97.6 Å². The molecule has 228 valence electrons. The van der Waals surface area contributed by atoms with Crippen molar-refractivity contribution in [1.82, 2.24) is 5.32 Å². The second-order valence-electron chi connectivity index (χ2n) is 11.1. The van der Waals surface area contributed by atoms with E-state index in [9.17, 15) is 9.59 Å². The molecule has 9 heteroatoms. The highest BCUT2D eigenvalue weighted by molar-refractivity contribution is 5.87. The van der Waals surface area contributed by atoms with Crippen LogP contribution in [0.4, 0.5) is 9.59 Å². The molecule has 2 amide bonds. The molecule has 1 aliphatic rings. The van der Waals surface area contributed by atoms with Crippen molar-refractivity contribution < 1.29 is 38.0 Å². The molecule has 0 spiro atoms. The number of carbonyl (C=O) groups excluding carboxylic acids is 2. The number of imide groups is 1. The van der Waals surface area contributed by atoms with E-state index in [0.717, 1.165) is 16.7 Å². The Bertz CT molecular complexity index is 1310. The number of amides is 2. The van der Waals surface area contributed by atoms with E-state index in [0.29, 0.717) is 6.61 Å². The number of ether oxygens (including phenoxy) is 6. The molecular weight excluding hydrogens is 550 g/mol. The maximum atomic E-state index is 12.8. The van der Waals surface area contributed by atoms with Crippen LogP contribution in [-0.4, -0.2) is 48.8 Å². The van der Waals surface area contributed by atoms with Crippen LogP contribution in [0.5, 0.6) is 0 Å². The van der Waals surface area contributed by atoms with Crippen molar-refractivity contribution >= 4 is 12.2 Å². The Kier molecular flexibility index (Phi) is 11.3. The molecule has 0 aromatic heterocycles. The third kappa shape index (κ3) is 10.2. The van der Waals surface area contributed by atoms with Gasteiger partial charge < -0.3 is 28.4 Å². The van der Waals surface area contributed by atoms with Gasteiger partial charge in [-0.2, -0.15) is 0 Å². The number of benzene rings is 3. The van der Waals surface area contributed by atoms with Crippen LogP contribution in [0.15, 0.2) is 103 Å². The summed E-state index contributed by atoms with van der Waals surface area (Å²) in [5.41, 5.74) is 2.07. The van der Waals surface area contributed by atoms with Gasteiger partial charge in [0.25, 0.3) is 0 Å². The van der Waals surface area contributed by atoms with Gasteiger partial charge in [0, 0.05) is 0 Å². The highest BCUT2D eigenvalue weighted by Gasteiger charge is 2.47. The maximum Gasteiger partial charge on any atom is 0.417 e. The van der Waals surface area contributed by atoms with Gasteiger partial charge in [-0.15, -0.1) is 0 Å². The lowest BCUT2D eigenvalue weighted by molar-refractivity contribution is -0.211. The number of rotatable bonds is 11. The molecule has 3 aromatic rings. The Hall–Kier alpha value is -4.18. The van der Waals surface area contributed by atoms with Gasteiger partial charge in [-0.3, -0.25) is 0 Å². The summed E-state index contributed by atoms with van der Waals surface area (Å²) in [6.07, 6.45) is -5.28. The molecule has 1 fully saturated rings. The maximum absolute atomic E-state index is 12.8. The molecular formula is C34H39NO8. The molecule has 0 bridgehead atoms. The van der Waals surface area contributed by atoms with E-state index in [1.54, 1.807) is 20.8 Å². The minimum absolute atomic E-state index is 0.144. The molecule has 4 atom stereocenters. The summed E-state index contributed by atoms with van der Waals surface area (Å²) in [6.45, 7) is 10.1. The summed E-state index contributed by atoms with van der Waals surface area (Å²) < 4.78 is 35.9. The third-order valence-corrected chi connectivity index (χ3v) is 6.41. The molecule has 0 aliphatic carbocycles. The summed E-state index contributed by atoms with van der Waals surface area (Å²) in [7, 11) is 0. The quantitative estimate of drug-likeness (QED) is 0.277. The van der Waals surface area contributed by atoms with Gasteiger partial charge in [0.1, 0.15) is 23.6 Å². The Morgan fingerprint density at radius 3 is 1.74 bits per heavy atom. The van der Waals surface area contributed by atoms with Crippen molar-refractivity contribution in [3.8, 4) is 0 Å². The predicted molar refractivity (Wildman–Crippen MR) is 160 cm³/mol. The number of hydrogen-bond donors (Lipinski definition) is 1. The van der Waals surface area contributed by atoms with Gasteiger partial charge in [0.15, 0.2) is 12.2 Å². The number of alkyl carbamates (subject to hydrolysis) is 2. The van der Waals surface area contributed by atoms with E-state index >= 15 is 0 Å². The van der Waals surface area contributed by atoms with E-state index in [2.05, 4.69) is 11.9 Å². The average molecular weight is 590 g/mol. The van der Waals surface area contributed by atoms with Crippen molar-refractivity contribution in [1.29, 1.82) is 0 Å². The summed E-state index contributed by atoms with van der Waals surface area (Å²) >= 11 is 0. The van der Waals surface area contributed by atoms with E-state index in [4.69, 9.17) is 28.4 Å². The zero-order chi connectivity index (χ0) is 30.7. The van der Waals surface area contributed by atoms with Crippen molar-refractivity contribution in [2.75, 3.05) is 6.61 Å². The molecule has 1 saturated heterocycles. The zero-order valence-corrected chi connectivity index (χ0v) is 24.8. The molecule has 0 radical (unpaired) electrons. The fourth-order valence-electron chi connectivity index (χ4n) is 4.47. The number of hydrogen-bond acceptors (Lipinski definition) is 8. The van der Waals surface area contributed by atoms with Crippen molar-refractivity contribution in [2.45, 2.75) is 70.6 Å². The van der Waals surface area contributed by atoms with Crippen LogP contribution < -0.4 is 5.32 Å². The lowest BCUT2D eigenvalue weighted by atomic mass is 9.97. The standard InChI is InChI=1S/C34H39NO8/c1-24-29(42-32(36)35-33(37)43-34(2,3)4)31(40-22-27-18-12-7-13-19-27)30(39-21-26-16-10-6-11-17-26)28(41-24)23-38-20-25-14-8-5-9-15-25/h5-19,28-31H,1,20-23H2,2-4H3,(H,35,36,37)/t28-,29+,30+,31-/m1/s1. The van der Waals surface area contributed by atoms with Crippen molar-refractivity contribution in [3.63, 3.8) is 0 Å². The molecule has 3 aromatic carbocycles. The predicted octanol–water partition coefficient (Wildman–Crippen LogP) is 6.32. The van der Waals surface area contributed by atoms with E-state index in [-0.39, 0.29) is 25.6 Å². The second kappa shape index (κ2) is 15.3. The fourth-order valence-corrected chi connectivity index (χ4v) is 4.47. The monoisotopic (exact) mass is 589 g/mol. The number of carbonyl (C=O) groups is 2. The normalized spacial score (nSPS) is 20.1. The lowest BCUT2D eigenvalue weighted by Crippen LogP contribution is -2.57. The first-order valence-corrected chi connectivity index (χ1v) is 14.2. The second-order valence-corrected chi connectivity index (χ2v) is 11.1. The van der Waals surface area contributed by atoms with Gasteiger partial charge in [-0.05, 0) is 37.5 Å². The molecule has 0 unspecified atom stereocenters. The Balaban J connectivity index is 1.55. The van der Waals surface area contributed by atoms with Crippen LogP contribution in [0.2, 0.25) is 0 Å². The van der Waals surface area contributed by atoms with Crippen molar-refractivity contribution in [3.05, 3.63) is 120 Å². The van der Waals surface area contributed by atoms with Gasteiger partial charge >= 0.3 is 12.2 Å². The number of nitrogens with one attached hydrogen (secondary N) is 1. The van der Waals surface area contributed by atoms with Gasteiger partial charge in [0.05, 0.1) is 26.4 Å². The first-order valence-electron chi connectivity index (χ1n) is 14.2. The van der Waals surface area contributed by atoms with Crippen LogP contribution in [0.25, 0.3) is 0 Å². The van der Waals surface area contributed by atoms with Crippen LogP contribution in [-0.2, 0) is 48.2 Å². The largest absolute Gasteiger partial charge is 0.486 e. The Morgan fingerprint density at radius 2 is 1.23 bits per heavy atom. The molecule has 43 heavy (non-hydrogen) atoms. The van der Waals surface area contributed by atoms with E-state index in [1.165, 1.54) is 0 Å². The highest BCUT2D eigenvalue weighted by Crippen LogP contribution is 2.31. The highest BCUT2D eigenvalue weighted by atomic mass is 16.6. The molecule has 1 aliphatic heterocycles. The van der Waals surface area contributed by atoms with Gasteiger partial charge in [0.2, 0.25) is 0 Å². The molecule has 1 N–H and O–H groups in total. The Labute approximate surface area is 252 Å². The van der Waals surface area contributed by atoms with Crippen LogP contribution in [0, 0.1) is 0 Å². The molecule has 4 rings (SSSR count). The molecule has 1 heterocycles. The minimum atomic E-state index is -1.10. The summed E-state index contributed by atoms with van der Waals surface area (Å²) in [5.74, 6) is 0.144. The first-order chi connectivity index (χ1) is 20.7. The SMILES string of the molecule is C=C1O[C@H](COCc2ccccc2)[C@H](OCc2ccccc2)[C@H](OCc2ccccc2)[C@H]1OC(=O)NC(=O)OC(C)(C)C. The van der Waals surface area contributed by atoms with Crippen LogP contribution in [0.3, 0.4) is 0 Å². The van der Waals surface area contributed by atoms with E-state index in [1.807, 2.05) is 91.0 Å². The molecule has 0 saturated carbocycles. The van der Waals surface area contributed by atoms with Crippen LogP contribution >= 0.6 is 0 Å². The third-order valence-electron chi connectivity index (χ3n) is 6.41. The summed E-state index contributed by atoms with van der Waals surface area (Å²) in [4.78, 5) is 25.1. The first kappa shape index (κ1) is 31.7. The molecule has 9 nitrogen and oxygen atoms in total.